The van der Waals surface area contributed by atoms with Gasteiger partial charge in [0.2, 0.25) is 0 Å². The van der Waals surface area contributed by atoms with Gasteiger partial charge in [-0.25, -0.2) is 0 Å². The zero-order valence-electron chi connectivity index (χ0n) is 25.4. The van der Waals surface area contributed by atoms with E-state index in [1.54, 1.807) is 64.2 Å². The Morgan fingerprint density at radius 1 is 0.722 bits per heavy atom. The topological polar surface area (TPSA) is 0 Å². The Hall–Kier alpha value is 1.68. The fourth-order valence-corrected chi connectivity index (χ4v) is 15.3. The summed E-state index contributed by atoms with van der Waals surface area (Å²) in [7, 11) is 8.63. The second-order valence-electron chi connectivity index (χ2n) is 14.0. The Kier molecular flexibility index (Phi) is 16.7. The van der Waals surface area contributed by atoms with Crippen LogP contribution in [-0.2, 0) is 20.8 Å². The first-order chi connectivity index (χ1) is 16.2. The van der Waals surface area contributed by atoms with Gasteiger partial charge in [0.1, 0.15) is 0 Å². The van der Waals surface area contributed by atoms with Crippen LogP contribution in [0, 0.1) is 62.2 Å². The standard InChI is InChI=1S/C30H56Si.2CH3.2ClH.Zr/c1-7-23-19-29(27-14-10-8-12-25(23)27)31(5,6)30-20-24(18-22(4)17-16-21(2)3)26-13-9-11-15-28(26)30;;;;;/h21-30H,7-20H2,1-6H3;2*1H3;2*1H;/q;2*-1;;;+4/p-2. The number of halogens is 2. The molecule has 36 heavy (non-hydrogen) atoms. The maximum absolute atomic E-state index is 4.93. The molecule has 0 aromatic carbocycles. The molecule has 0 N–H and O–H groups in total. The summed E-state index contributed by atoms with van der Waals surface area (Å²) >= 11 is -0.826. The number of hydrogen-bond acceptors (Lipinski definition) is 0. The van der Waals surface area contributed by atoms with Crippen molar-refractivity contribution in [3.8, 4) is 0 Å². The van der Waals surface area contributed by atoms with E-state index >= 15 is 0 Å². The van der Waals surface area contributed by atoms with Crippen LogP contribution in [0.3, 0.4) is 0 Å². The summed E-state index contributed by atoms with van der Waals surface area (Å²) in [5.41, 5.74) is 2.32. The summed E-state index contributed by atoms with van der Waals surface area (Å²) in [6.07, 6.45) is 21.7. The molecule has 0 aromatic heterocycles. The molecule has 0 saturated heterocycles. The van der Waals surface area contributed by atoms with Crippen molar-refractivity contribution in [3.63, 3.8) is 0 Å². The Labute approximate surface area is 248 Å². The maximum atomic E-state index is 4.93. The first-order valence-electron chi connectivity index (χ1n) is 15.2. The Morgan fingerprint density at radius 3 is 1.58 bits per heavy atom. The zero-order valence-corrected chi connectivity index (χ0v) is 30.4. The number of rotatable bonds is 8. The molecule has 4 aliphatic rings. The van der Waals surface area contributed by atoms with Crippen LogP contribution in [0.1, 0.15) is 118 Å². The predicted molar refractivity (Wildman–Crippen MR) is 165 cm³/mol. The van der Waals surface area contributed by atoms with Crippen molar-refractivity contribution in [2.45, 2.75) is 142 Å². The Morgan fingerprint density at radius 2 is 1.14 bits per heavy atom. The molecule has 0 aliphatic heterocycles. The van der Waals surface area contributed by atoms with E-state index in [0.29, 0.717) is 0 Å². The fourth-order valence-electron chi connectivity index (χ4n) is 9.88. The molecule has 212 valence electrons. The second-order valence-corrected chi connectivity index (χ2v) is 22.9. The summed E-state index contributed by atoms with van der Waals surface area (Å²) in [4.78, 5) is 0. The molecule has 9 atom stereocenters. The fraction of sp³-hybridized carbons (Fsp3) is 0.938. The summed E-state index contributed by atoms with van der Waals surface area (Å²) in [6, 6.07) is 0. The molecule has 0 radical (unpaired) electrons. The van der Waals surface area contributed by atoms with Crippen LogP contribution in [0.2, 0.25) is 24.2 Å². The molecule has 4 heteroatoms. The first-order valence-corrected chi connectivity index (χ1v) is 24.7. The van der Waals surface area contributed by atoms with Crippen LogP contribution in [0.15, 0.2) is 0 Å². The van der Waals surface area contributed by atoms with Gasteiger partial charge in [0, 0.05) is 0 Å². The van der Waals surface area contributed by atoms with E-state index in [9.17, 15) is 0 Å². The van der Waals surface area contributed by atoms with E-state index in [-0.39, 0.29) is 14.9 Å². The van der Waals surface area contributed by atoms with Gasteiger partial charge < -0.3 is 14.9 Å². The van der Waals surface area contributed by atoms with Gasteiger partial charge in [-0.1, -0.05) is 98.6 Å². The van der Waals surface area contributed by atoms with Gasteiger partial charge in [0.05, 0.1) is 8.07 Å². The van der Waals surface area contributed by atoms with Crippen LogP contribution in [0.25, 0.3) is 0 Å². The molecule has 0 spiro atoms. The van der Waals surface area contributed by atoms with Crippen LogP contribution in [0.4, 0.5) is 0 Å². The zero-order chi connectivity index (χ0) is 24.9. The summed E-state index contributed by atoms with van der Waals surface area (Å²) in [5.74, 6) is 8.48. The summed E-state index contributed by atoms with van der Waals surface area (Å²) in [5, 5.41) is 0. The second kappa shape index (κ2) is 16.8. The molecule has 0 amide bonds. The van der Waals surface area contributed by atoms with Crippen LogP contribution in [-0.4, -0.2) is 8.07 Å². The summed E-state index contributed by atoms with van der Waals surface area (Å²) in [6.45, 7) is 15.7. The third-order valence-electron chi connectivity index (χ3n) is 11.5. The van der Waals surface area contributed by atoms with Crippen molar-refractivity contribution in [1.29, 1.82) is 0 Å². The van der Waals surface area contributed by atoms with Gasteiger partial charge >= 0.3 is 37.9 Å². The van der Waals surface area contributed by atoms with Gasteiger partial charge in [-0.3, -0.25) is 0 Å². The molecule has 4 aliphatic carbocycles. The SMILES string of the molecule is CCC1CC([Si](C)(C)C2CC(CC(C)CCC(C)C)C3CCCCC32)C2CCCCC12.[CH3-].[CH3-].[Cl][Zr+2][Cl]. The van der Waals surface area contributed by atoms with Crippen LogP contribution in [0.5, 0.6) is 0 Å². The molecule has 4 saturated carbocycles. The van der Waals surface area contributed by atoms with Crippen LogP contribution < -0.4 is 0 Å². The minimum absolute atomic E-state index is 0. The third-order valence-corrected chi connectivity index (χ3v) is 16.6. The molecule has 0 bridgehead atoms. The van der Waals surface area contributed by atoms with Crippen molar-refractivity contribution < 1.29 is 20.8 Å². The molecule has 0 aromatic rings. The molecule has 0 heterocycles. The van der Waals surface area contributed by atoms with Crippen molar-refractivity contribution in [1.82, 2.24) is 0 Å². The molecule has 0 nitrogen and oxygen atoms in total. The quantitative estimate of drug-likeness (QED) is 0.184. The van der Waals surface area contributed by atoms with Crippen molar-refractivity contribution in [2.24, 2.45) is 47.3 Å². The number of fused-ring (bicyclic) bond motifs is 2. The molecule has 4 rings (SSSR count). The van der Waals surface area contributed by atoms with Crippen molar-refractivity contribution in [3.05, 3.63) is 14.9 Å². The number of hydrogen-bond donors (Lipinski definition) is 0. The Bertz CT molecular complexity index is 597. The average Bonchev–Trinajstić information content (AvgIpc) is 3.38. The van der Waals surface area contributed by atoms with Gasteiger partial charge in [0.25, 0.3) is 0 Å². The van der Waals surface area contributed by atoms with Gasteiger partial charge in [-0.15, -0.1) is 0 Å². The molecular formula is C32H62Cl2SiZr. The normalized spacial score (nSPS) is 36.4. The van der Waals surface area contributed by atoms with E-state index in [1.807, 2.05) is 0 Å². The Balaban J connectivity index is 0.00000123. The van der Waals surface area contributed by atoms with Crippen molar-refractivity contribution >= 4 is 25.1 Å². The van der Waals surface area contributed by atoms with Crippen molar-refractivity contribution in [2.75, 3.05) is 0 Å². The van der Waals surface area contributed by atoms with E-state index in [2.05, 4.69) is 40.8 Å². The van der Waals surface area contributed by atoms with Gasteiger partial charge in [-0.05, 0) is 90.5 Å². The molecular weight excluding hydrogens is 575 g/mol. The predicted octanol–water partition coefficient (Wildman–Crippen LogP) is 12.2. The minimum atomic E-state index is -1.24. The average molecular weight is 637 g/mol. The molecule has 9 unspecified atom stereocenters. The van der Waals surface area contributed by atoms with E-state index in [0.717, 1.165) is 58.4 Å². The summed E-state index contributed by atoms with van der Waals surface area (Å²) < 4.78 is 0. The van der Waals surface area contributed by atoms with Crippen LogP contribution >= 0.6 is 17.0 Å². The van der Waals surface area contributed by atoms with Gasteiger partial charge in [0.15, 0.2) is 0 Å². The van der Waals surface area contributed by atoms with E-state index in [1.165, 1.54) is 25.7 Å². The monoisotopic (exact) mass is 634 g/mol. The first kappa shape index (κ1) is 35.7. The van der Waals surface area contributed by atoms with Gasteiger partial charge in [-0.2, -0.15) is 0 Å². The third kappa shape index (κ3) is 8.59. The van der Waals surface area contributed by atoms with E-state index < -0.39 is 28.9 Å². The molecule has 4 fully saturated rings. The van der Waals surface area contributed by atoms with E-state index in [4.69, 9.17) is 17.0 Å².